The highest BCUT2D eigenvalue weighted by molar-refractivity contribution is 9.10. The minimum absolute atomic E-state index is 0.0495. The zero-order valence-electron chi connectivity index (χ0n) is 10.8. The Morgan fingerprint density at radius 2 is 1.90 bits per heavy atom. The number of halogens is 3. The largest absolute Gasteiger partial charge is 0.481 e. The SMILES string of the molecule is O=C(O)[C@H]1CC=CC[C@H]1C(=O)Nc1c(Cl)cc(F)cc1Br. The van der Waals surface area contributed by atoms with Crippen LogP contribution in [0.15, 0.2) is 28.8 Å². The molecular weight excluding hydrogens is 365 g/mol. The monoisotopic (exact) mass is 375 g/mol. The van der Waals surface area contributed by atoms with E-state index in [0.717, 1.165) is 6.07 Å². The van der Waals surface area contributed by atoms with Gasteiger partial charge in [-0.05, 0) is 40.9 Å². The molecule has 2 rings (SSSR count). The van der Waals surface area contributed by atoms with Gasteiger partial charge in [0, 0.05) is 4.47 Å². The lowest BCUT2D eigenvalue weighted by molar-refractivity contribution is -0.146. The second kappa shape index (κ2) is 6.58. The molecule has 2 atom stereocenters. The molecule has 0 aromatic heterocycles. The van der Waals surface area contributed by atoms with Crippen molar-refractivity contribution in [3.8, 4) is 0 Å². The van der Waals surface area contributed by atoms with Crippen LogP contribution < -0.4 is 5.32 Å². The van der Waals surface area contributed by atoms with E-state index >= 15 is 0 Å². The Morgan fingerprint density at radius 1 is 1.29 bits per heavy atom. The minimum Gasteiger partial charge on any atom is -0.481 e. The lowest BCUT2D eigenvalue weighted by Gasteiger charge is -2.24. The Bertz CT molecular complexity index is 597. The number of amides is 1. The highest BCUT2D eigenvalue weighted by Crippen LogP contribution is 2.34. The van der Waals surface area contributed by atoms with Gasteiger partial charge in [0.05, 0.1) is 22.5 Å². The number of carboxylic acids is 1. The molecule has 4 nitrogen and oxygen atoms in total. The molecule has 0 fully saturated rings. The first-order chi connectivity index (χ1) is 9.90. The molecule has 0 saturated carbocycles. The van der Waals surface area contributed by atoms with Crippen molar-refractivity contribution in [1.29, 1.82) is 0 Å². The summed E-state index contributed by atoms with van der Waals surface area (Å²) in [7, 11) is 0. The third-order valence-corrected chi connectivity index (χ3v) is 4.26. The number of nitrogens with one attached hydrogen (secondary N) is 1. The van der Waals surface area contributed by atoms with Gasteiger partial charge in [0.1, 0.15) is 5.82 Å². The summed E-state index contributed by atoms with van der Waals surface area (Å²) in [6, 6.07) is 2.26. The molecule has 0 bridgehead atoms. The standard InChI is InChI=1S/C14H12BrClFNO3/c15-10-5-7(17)6-11(16)12(10)18-13(19)8-3-1-2-4-9(8)14(20)21/h1-2,5-6,8-9H,3-4H2,(H,18,19)(H,20,21)/t8-,9+/m1/s1. The van der Waals surface area contributed by atoms with Crippen molar-refractivity contribution in [2.45, 2.75) is 12.8 Å². The summed E-state index contributed by atoms with van der Waals surface area (Å²) in [6.07, 6.45) is 4.19. The Morgan fingerprint density at radius 3 is 2.48 bits per heavy atom. The van der Waals surface area contributed by atoms with Crippen molar-refractivity contribution >= 4 is 45.1 Å². The number of hydrogen-bond acceptors (Lipinski definition) is 2. The Hall–Kier alpha value is -1.40. The lowest BCUT2D eigenvalue weighted by atomic mass is 9.82. The van der Waals surface area contributed by atoms with Crippen LogP contribution in [-0.4, -0.2) is 17.0 Å². The molecule has 2 N–H and O–H groups in total. The molecule has 1 aromatic carbocycles. The van der Waals surface area contributed by atoms with E-state index in [1.807, 2.05) is 0 Å². The molecule has 1 aromatic rings. The quantitative estimate of drug-likeness (QED) is 0.788. The van der Waals surface area contributed by atoms with E-state index in [9.17, 15) is 19.1 Å². The average Bonchev–Trinajstić information content (AvgIpc) is 2.42. The molecule has 112 valence electrons. The molecule has 21 heavy (non-hydrogen) atoms. The van der Waals surface area contributed by atoms with Crippen LogP contribution >= 0.6 is 27.5 Å². The Labute approximate surface area is 134 Å². The van der Waals surface area contributed by atoms with E-state index in [0.29, 0.717) is 17.3 Å². The van der Waals surface area contributed by atoms with E-state index in [1.54, 1.807) is 12.2 Å². The summed E-state index contributed by atoms with van der Waals surface area (Å²) in [5, 5.41) is 11.8. The van der Waals surface area contributed by atoms with Crippen molar-refractivity contribution in [3.05, 3.63) is 39.6 Å². The summed E-state index contributed by atoms with van der Waals surface area (Å²) < 4.78 is 13.5. The molecule has 0 aliphatic heterocycles. The number of anilines is 1. The summed E-state index contributed by atoms with van der Waals surface area (Å²) in [5.41, 5.74) is 0.238. The van der Waals surface area contributed by atoms with Crippen LogP contribution in [0.3, 0.4) is 0 Å². The van der Waals surface area contributed by atoms with E-state index in [4.69, 9.17) is 11.6 Å². The second-order valence-corrected chi connectivity index (χ2v) is 5.99. The highest BCUT2D eigenvalue weighted by atomic mass is 79.9. The van der Waals surface area contributed by atoms with Crippen molar-refractivity contribution in [1.82, 2.24) is 0 Å². The van der Waals surface area contributed by atoms with Crippen LogP contribution in [0.5, 0.6) is 0 Å². The number of aliphatic carboxylic acids is 1. The van der Waals surface area contributed by atoms with Crippen LogP contribution in [0.4, 0.5) is 10.1 Å². The van der Waals surface area contributed by atoms with Crippen molar-refractivity contribution in [2.75, 3.05) is 5.32 Å². The van der Waals surface area contributed by atoms with Crippen LogP contribution in [-0.2, 0) is 9.59 Å². The fourth-order valence-electron chi connectivity index (χ4n) is 2.25. The second-order valence-electron chi connectivity index (χ2n) is 4.73. The van der Waals surface area contributed by atoms with Gasteiger partial charge in [-0.25, -0.2) is 4.39 Å². The predicted molar refractivity (Wildman–Crippen MR) is 80.7 cm³/mol. The number of carbonyl (C=O) groups is 2. The fraction of sp³-hybridized carbons (Fsp3) is 0.286. The van der Waals surface area contributed by atoms with Crippen molar-refractivity contribution in [3.63, 3.8) is 0 Å². The molecule has 1 amide bonds. The molecule has 0 spiro atoms. The van der Waals surface area contributed by atoms with Gasteiger partial charge in [-0.15, -0.1) is 0 Å². The van der Waals surface area contributed by atoms with Gasteiger partial charge in [-0.1, -0.05) is 23.8 Å². The van der Waals surface area contributed by atoms with E-state index in [1.165, 1.54) is 6.07 Å². The van der Waals surface area contributed by atoms with Gasteiger partial charge in [0.15, 0.2) is 0 Å². The smallest absolute Gasteiger partial charge is 0.307 e. The molecule has 0 radical (unpaired) electrons. The first-order valence-corrected chi connectivity index (χ1v) is 7.40. The number of carbonyl (C=O) groups excluding carboxylic acids is 1. The van der Waals surface area contributed by atoms with E-state index < -0.39 is 29.5 Å². The molecule has 1 aliphatic carbocycles. The summed E-state index contributed by atoms with van der Waals surface area (Å²) in [5.74, 6) is -3.44. The van der Waals surface area contributed by atoms with Gasteiger partial charge >= 0.3 is 5.97 Å². The van der Waals surface area contributed by atoms with Crippen molar-refractivity contribution in [2.24, 2.45) is 11.8 Å². The van der Waals surface area contributed by atoms with Crippen LogP contribution in [0.25, 0.3) is 0 Å². The summed E-state index contributed by atoms with van der Waals surface area (Å²) in [6.45, 7) is 0. The van der Waals surface area contributed by atoms with Gasteiger partial charge in [0.2, 0.25) is 5.91 Å². The molecule has 0 heterocycles. The zero-order chi connectivity index (χ0) is 15.6. The maximum Gasteiger partial charge on any atom is 0.307 e. The van der Waals surface area contributed by atoms with E-state index in [2.05, 4.69) is 21.2 Å². The third kappa shape index (κ3) is 3.63. The summed E-state index contributed by atoms with van der Waals surface area (Å²) >= 11 is 9.03. The fourth-order valence-corrected chi connectivity index (χ4v) is 3.15. The normalized spacial score (nSPS) is 21.1. The molecule has 0 saturated heterocycles. The first kappa shape index (κ1) is 16.0. The minimum atomic E-state index is -1.01. The molecular formula is C14H12BrClFNO3. The summed E-state index contributed by atoms with van der Waals surface area (Å²) in [4.78, 5) is 23.5. The number of allylic oxidation sites excluding steroid dienone is 2. The molecule has 7 heteroatoms. The van der Waals surface area contributed by atoms with Gasteiger partial charge < -0.3 is 10.4 Å². The number of rotatable bonds is 3. The van der Waals surface area contributed by atoms with Gasteiger partial charge in [-0.3, -0.25) is 9.59 Å². The first-order valence-electron chi connectivity index (χ1n) is 6.23. The number of hydrogen-bond donors (Lipinski definition) is 2. The Balaban J connectivity index is 2.21. The predicted octanol–water partition coefficient (Wildman–Crippen LogP) is 3.85. The van der Waals surface area contributed by atoms with Gasteiger partial charge in [-0.2, -0.15) is 0 Å². The van der Waals surface area contributed by atoms with E-state index in [-0.39, 0.29) is 10.7 Å². The Kier molecular flexibility index (Phi) is 5.00. The third-order valence-electron chi connectivity index (χ3n) is 3.34. The molecule has 0 unspecified atom stereocenters. The average molecular weight is 377 g/mol. The topological polar surface area (TPSA) is 66.4 Å². The van der Waals surface area contributed by atoms with Crippen LogP contribution in [0.2, 0.25) is 5.02 Å². The van der Waals surface area contributed by atoms with Crippen molar-refractivity contribution < 1.29 is 19.1 Å². The van der Waals surface area contributed by atoms with Crippen LogP contribution in [0.1, 0.15) is 12.8 Å². The highest BCUT2D eigenvalue weighted by Gasteiger charge is 2.34. The van der Waals surface area contributed by atoms with Gasteiger partial charge in [0.25, 0.3) is 0 Å². The molecule has 1 aliphatic rings. The maximum atomic E-state index is 13.2. The maximum absolute atomic E-state index is 13.2. The number of benzene rings is 1. The van der Waals surface area contributed by atoms with Crippen LogP contribution in [0, 0.1) is 17.7 Å². The number of carboxylic acid groups (broad SMARTS) is 1. The lowest BCUT2D eigenvalue weighted by Crippen LogP contribution is -2.34. The zero-order valence-corrected chi connectivity index (χ0v) is 13.1.